The Morgan fingerprint density at radius 2 is 1.62 bits per heavy atom. The summed E-state index contributed by atoms with van der Waals surface area (Å²) in [7, 11) is 0. The van der Waals surface area contributed by atoms with Crippen molar-refractivity contribution in [2.75, 3.05) is 5.32 Å². The van der Waals surface area contributed by atoms with Gasteiger partial charge in [-0.2, -0.15) is 0 Å². The molecule has 0 aromatic heterocycles. The van der Waals surface area contributed by atoms with Gasteiger partial charge >= 0.3 is 0 Å². The van der Waals surface area contributed by atoms with Gasteiger partial charge in [0, 0.05) is 27.8 Å². The molecular formula is C21H18Cl3NO. The average Bonchev–Trinajstić information content (AvgIpc) is 2.61. The standard InChI is InChI=1S/C21H18Cl3NO/c1-14-4-2-3-5-20(14)25-12-16-10-18(23)11-19(24)21(16)26-13-15-6-8-17(22)9-7-15/h2-11,25H,12-13H2,1H3. The number of nitrogens with one attached hydrogen (secondary N) is 1. The Kier molecular flexibility index (Phi) is 6.31. The molecule has 1 N–H and O–H groups in total. The van der Waals surface area contributed by atoms with Gasteiger partial charge in [-0.1, -0.05) is 65.1 Å². The van der Waals surface area contributed by atoms with E-state index in [-0.39, 0.29) is 0 Å². The molecule has 0 amide bonds. The molecule has 26 heavy (non-hydrogen) atoms. The predicted molar refractivity (Wildman–Crippen MR) is 111 cm³/mol. The SMILES string of the molecule is Cc1ccccc1NCc1cc(Cl)cc(Cl)c1OCc1ccc(Cl)cc1. The van der Waals surface area contributed by atoms with Crippen LogP contribution in [0, 0.1) is 6.92 Å². The Morgan fingerprint density at radius 1 is 0.885 bits per heavy atom. The van der Waals surface area contributed by atoms with E-state index in [9.17, 15) is 0 Å². The van der Waals surface area contributed by atoms with Gasteiger partial charge in [0.25, 0.3) is 0 Å². The van der Waals surface area contributed by atoms with Gasteiger partial charge in [-0.25, -0.2) is 0 Å². The first-order valence-corrected chi connectivity index (χ1v) is 9.31. The number of anilines is 1. The van der Waals surface area contributed by atoms with Crippen molar-refractivity contribution in [1.29, 1.82) is 0 Å². The summed E-state index contributed by atoms with van der Waals surface area (Å²) in [4.78, 5) is 0. The summed E-state index contributed by atoms with van der Waals surface area (Å²) in [6, 6.07) is 19.2. The normalized spacial score (nSPS) is 10.6. The lowest BCUT2D eigenvalue weighted by molar-refractivity contribution is 0.303. The molecule has 0 bridgehead atoms. The van der Waals surface area contributed by atoms with Crippen LogP contribution in [-0.4, -0.2) is 0 Å². The first-order chi connectivity index (χ1) is 12.5. The number of aryl methyl sites for hydroxylation is 1. The number of para-hydroxylation sites is 1. The van der Waals surface area contributed by atoms with Gasteiger partial charge in [0.15, 0.2) is 0 Å². The molecule has 0 aliphatic heterocycles. The minimum absolute atomic E-state index is 0.399. The van der Waals surface area contributed by atoms with Crippen LogP contribution in [0.2, 0.25) is 15.1 Å². The molecule has 3 aromatic carbocycles. The average molecular weight is 407 g/mol. The fraction of sp³-hybridized carbons (Fsp3) is 0.143. The number of benzene rings is 3. The van der Waals surface area contributed by atoms with Crippen molar-refractivity contribution in [3.05, 3.63) is 92.4 Å². The highest BCUT2D eigenvalue weighted by molar-refractivity contribution is 6.35. The van der Waals surface area contributed by atoms with Crippen LogP contribution >= 0.6 is 34.8 Å². The van der Waals surface area contributed by atoms with E-state index in [4.69, 9.17) is 39.5 Å². The Hall–Kier alpha value is -1.87. The van der Waals surface area contributed by atoms with Gasteiger partial charge in [-0.3, -0.25) is 0 Å². The highest BCUT2D eigenvalue weighted by atomic mass is 35.5. The molecule has 0 aliphatic rings. The summed E-state index contributed by atoms with van der Waals surface area (Å²) >= 11 is 18.5. The summed E-state index contributed by atoms with van der Waals surface area (Å²) < 4.78 is 5.99. The minimum atomic E-state index is 0.399. The summed E-state index contributed by atoms with van der Waals surface area (Å²) in [5.41, 5.74) is 4.15. The second kappa shape index (κ2) is 8.68. The Labute approximate surface area is 168 Å². The van der Waals surface area contributed by atoms with Crippen LogP contribution in [0.4, 0.5) is 5.69 Å². The second-order valence-corrected chi connectivity index (χ2v) is 7.24. The van der Waals surface area contributed by atoms with Crippen LogP contribution in [0.15, 0.2) is 60.7 Å². The molecule has 3 rings (SSSR count). The molecule has 3 aromatic rings. The molecule has 0 fully saturated rings. The third-order valence-electron chi connectivity index (χ3n) is 4.00. The van der Waals surface area contributed by atoms with E-state index in [0.29, 0.717) is 34.0 Å². The maximum atomic E-state index is 6.38. The van der Waals surface area contributed by atoms with Gasteiger partial charge in [-0.05, 0) is 48.4 Å². The molecule has 0 atom stereocenters. The minimum Gasteiger partial charge on any atom is -0.487 e. The molecule has 134 valence electrons. The highest BCUT2D eigenvalue weighted by Gasteiger charge is 2.12. The zero-order chi connectivity index (χ0) is 18.5. The molecular weight excluding hydrogens is 389 g/mol. The van der Waals surface area contributed by atoms with Crippen molar-refractivity contribution >= 4 is 40.5 Å². The monoisotopic (exact) mass is 405 g/mol. The molecule has 5 heteroatoms. The molecule has 0 saturated heterocycles. The third kappa shape index (κ3) is 4.85. The van der Waals surface area contributed by atoms with Gasteiger partial charge in [0.05, 0.1) is 5.02 Å². The van der Waals surface area contributed by atoms with Crippen molar-refractivity contribution in [2.24, 2.45) is 0 Å². The van der Waals surface area contributed by atoms with Crippen LogP contribution in [0.25, 0.3) is 0 Å². The van der Waals surface area contributed by atoms with Crippen LogP contribution in [0.1, 0.15) is 16.7 Å². The lowest BCUT2D eigenvalue weighted by Gasteiger charge is -2.16. The predicted octanol–water partition coefficient (Wildman–Crippen LogP) is 7.15. The van der Waals surface area contributed by atoms with Crippen molar-refractivity contribution in [3.8, 4) is 5.75 Å². The zero-order valence-electron chi connectivity index (χ0n) is 14.2. The van der Waals surface area contributed by atoms with Crippen LogP contribution in [-0.2, 0) is 13.2 Å². The van der Waals surface area contributed by atoms with Gasteiger partial charge < -0.3 is 10.1 Å². The van der Waals surface area contributed by atoms with Crippen molar-refractivity contribution in [2.45, 2.75) is 20.1 Å². The van der Waals surface area contributed by atoms with Crippen molar-refractivity contribution in [3.63, 3.8) is 0 Å². The molecule has 2 nitrogen and oxygen atoms in total. The zero-order valence-corrected chi connectivity index (χ0v) is 16.5. The quantitative estimate of drug-likeness (QED) is 0.469. The lowest BCUT2D eigenvalue weighted by atomic mass is 10.1. The molecule has 0 heterocycles. The fourth-order valence-electron chi connectivity index (χ4n) is 2.60. The van der Waals surface area contributed by atoms with Crippen LogP contribution in [0.5, 0.6) is 5.75 Å². The molecule has 0 saturated carbocycles. The smallest absolute Gasteiger partial charge is 0.143 e. The number of halogens is 3. The Balaban J connectivity index is 1.78. The highest BCUT2D eigenvalue weighted by Crippen LogP contribution is 2.34. The van der Waals surface area contributed by atoms with E-state index in [2.05, 4.69) is 18.3 Å². The Morgan fingerprint density at radius 3 is 2.35 bits per heavy atom. The summed E-state index contributed by atoms with van der Waals surface area (Å²) in [6.45, 7) is 3.02. The molecule has 0 spiro atoms. The number of hydrogen-bond acceptors (Lipinski definition) is 2. The Bertz CT molecular complexity index is 894. The van der Waals surface area contributed by atoms with Gasteiger partial charge in [-0.15, -0.1) is 0 Å². The van der Waals surface area contributed by atoms with E-state index in [1.54, 1.807) is 6.07 Å². The van der Waals surface area contributed by atoms with Crippen LogP contribution < -0.4 is 10.1 Å². The number of ether oxygens (including phenoxy) is 1. The second-order valence-electron chi connectivity index (χ2n) is 5.96. The first-order valence-electron chi connectivity index (χ1n) is 8.17. The largest absolute Gasteiger partial charge is 0.487 e. The topological polar surface area (TPSA) is 21.3 Å². The lowest BCUT2D eigenvalue weighted by Crippen LogP contribution is -2.05. The summed E-state index contributed by atoms with van der Waals surface area (Å²) in [6.07, 6.45) is 0. The molecule has 0 aliphatic carbocycles. The van der Waals surface area contributed by atoms with Gasteiger partial charge in [0.1, 0.15) is 12.4 Å². The van der Waals surface area contributed by atoms with Crippen molar-refractivity contribution < 1.29 is 4.74 Å². The van der Waals surface area contributed by atoms with E-state index in [1.807, 2.05) is 48.5 Å². The van der Waals surface area contributed by atoms with Gasteiger partial charge in [0.2, 0.25) is 0 Å². The van der Waals surface area contributed by atoms with E-state index < -0.39 is 0 Å². The van der Waals surface area contributed by atoms with Crippen molar-refractivity contribution in [1.82, 2.24) is 0 Å². The number of hydrogen-bond donors (Lipinski definition) is 1. The van der Waals surface area contributed by atoms with E-state index in [1.165, 1.54) is 5.56 Å². The number of rotatable bonds is 6. The first kappa shape index (κ1) is 18.9. The van der Waals surface area contributed by atoms with E-state index in [0.717, 1.165) is 16.8 Å². The van der Waals surface area contributed by atoms with Crippen LogP contribution in [0.3, 0.4) is 0 Å². The maximum absolute atomic E-state index is 6.38. The summed E-state index contributed by atoms with van der Waals surface area (Å²) in [5.74, 6) is 0.632. The van der Waals surface area contributed by atoms with E-state index >= 15 is 0 Å². The molecule has 0 radical (unpaired) electrons. The maximum Gasteiger partial charge on any atom is 0.143 e. The molecule has 0 unspecified atom stereocenters. The fourth-order valence-corrected chi connectivity index (χ4v) is 3.32. The summed E-state index contributed by atoms with van der Waals surface area (Å²) in [5, 5.41) is 5.18. The third-order valence-corrected chi connectivity index (χ3v) is 4.75.